The summed E-state index contributed by atoms with van der Waals surface area (Å²) in [5.41, 5.74) is 1.17. The second-order valence-electron chi connectivity index (χ2n) is 6.30. The van der Waals surface area contributed by atoms with Gasteiger partial charge in [0.25, 0.3) is 5.91 Å². The zero-order chi connectivity index (χ0) is 19.0. The molecule has 6 nitrogen and oxygen atoms in total. The number of rotatable bonds is 6. The molecular formula is C18H16BrN3O3S2. The monoisotopic (exact) mass is 465 g/mol. The Labute approximate surface area is 169 Å². The van der Waals surface area contributed by atoms with Crippen LogP contribution in [0.2, 0.25) is 0 Å². The van der Waals surface area contributed by atoms with Gasteiger partial charge in [-0.05, 0) is 59.1 Å². The van der Waals surface area contributed by atoms with Gasteiger partial charge in [-0.15, -0.1) is 11.3 Å². The number of hydrogen-bond donors (Lipinski definition) is 2. The lowest BCUT2D eigenvalue weighted by Crippen LogP contribution is -2.27. The lowest BCUT2D eigenvalue weighted by molar-refractivity contribution is 0.0950. The number of halogens is 1. The van der Waals surface area contributed by atoms with Crippen molar-refractivity contribution >= 4 is 53.4 Å². The van der Waals surface area contributed by atoms with E-state index in [1.165, 1.54) is 23.5 Å². The molecule has 0 bridgehead atoms. The van der Waals surface area contributed by atoms with Crippen molar-refractivity contribution in [2.24, 2.45) is 0 Å². The van der Waals surface area contributed by atoms with Crippen molar-refractivity contribution in [3.05, 3.63) is 57.5 Å². The van der Waals surface area contributed by atoms with Gasteiger partial charge in [0, 0.05) is 10.5 Å². The van der Waals surface area contributed by atoms with Gasteiger partial charge in [0.1, 0.15) is 5.01 Å². The number of hydrogen-bond acceptors (Lipinski definition) is 5. The summed E-state index contributed by atoms with van der Waals surface area (Å²) in [5.74, 6) is -0.357. The van der Waals surface area contributed by atoms with Crippen LogP contribution in [0.3, 0.4) is 0 Å². The van der Waals surface area contributed by atoms with Crippen molar-refractivity contribution in [3.63, 3.8) is 0 Å². The van der Waals surface area contributed by atoms with Gasteiger partial charge in [-0.2, -0.15) is 0 Å². The number of sulfonamides is 1. The minimum atomic E-state index is -3.62. The van der Waals surface area contributed by atoms with Gasteiger partial charge in [0.15, 0.2) is 0 Å². The Kier molecular flexibility index (Phi) is 5.02. The third-order valence-electron chi connectivity index (χ3n) is 4.13. The molecule has 2 aromatic carbocycles. The van der Waals surface area contributed by atoms with E-state index in [0.29, 0.717) is 4.47 Å². The summed E-state index contributed by atoms with van der Waals surface area (Å²) >= 11 is 4.84. The van der Waals surface area contributed by atoms with Crippen LogP contribution in [-0.2, 0) is 16.6 Å². The number of carbonyl (C=O) groups excluding carboxylic acids is 1. The molecule has 1 saturated carbocycles. The zero-order valence-corrected chi connectivity index (χ0v) is 17.3. The van der Waals surface area contributed by atoms with E-state index in [1.54, 1.807) is 6.07 Å². The average molecular weight is 466 g/mol. The van der Waals surface area contributed by atoms with Crippen molar-refractivity contribution in [2.45, 2.75) is 30.3 Å². The first-order valence-electron chi connectivity index (χ1n) is 8.37. The number of benzene rings is 2. The Morgan fingerprint density at radius 2 is 2.00 bits per heavy atom. The fourth-order valence-corrected chi connectivity index (χ4v) is 5.25. The minimum Gasteiger partial charge on any atom is -0.345 e. The highest BCUT2D eigenvalue weighted by Gasteiger charge is 2.28. The van der Waals surface area contributed by atoms with Gasteiger partial charge in [0.05, 0.1) is 27.2 Å². The van der Waals surface area contributed by atoms with Gasteiger partial charge in [0.2, 0.25) is 10.0 Å². The Hall–Kier alpha value is -1.81. The quantitative estimate of drug-likeness (QED) is 0.583. The standard InChI is InChI=1S/C18H16BrN3O3S2/c19-14-8-7-12(27(24,25)22-11-5-6-11)9-13(14)18(23)20-10-17-21-15-3-1-2-4-16(15)26-17/h1-4,7-9,11,22H,5-6,10H2,(H,20,23). The summed E-state index contributed by atoms with van der Waals surface area (Å²) in [6, 6.07) is 12.2. The molecule has 140 valence electrons. The zero-order valence-electron chi connectivity index (χ0n) is 14.1. The first-order valence-corrected chi connectivity index (χ1v) is 11.5. The van der Waals surface area contributed by atoms with Crippen LogP contribution in [0.4, 0.5) is 0 Å². The smallest absolute Gasteiger partial charge is 0.252 e. The van der Waals surface area contributed by atoms with Gasteiger partial charge >= 0.3 is 0 Å². The summed E-state index contributed by atoms with van der Waals surface area (Å²) in [4.78, 5) is 17.2. The van der Waals surface area contributed by atoms with Crippen LogP contribution >= 0.6 is 27.3 Å². The molecule has 0 atom stereocenters. The summed E-state index contributed by atoms with van der Waals surface area (Å²) < 4.78 is 29.0. The normalized spacial score (nSPS) is 14.4. The minimum absolute atomic E-state index is 0.00922. The van der Waals surface area contributed by atoms with Crippen LogP contribution < -0.4 is 10.0 Å². The van der Waals surface area contributed by atoms with Crippen molar-refractivity contribution in [1.29, 1.82) is 0 Å². The molecule has 3 aromatic rings. The molecule has 0 radical (unpaired) electrons. The van der Waals surface area contributed by atoms with Crippen LogP contribution in [0.1, 0.15) is 28.2 Å². The van der Waals surface area contributed by atoms with Gasteiger partial charge in [-0.1, -0.05) is 12.1 Å². The highest BCUT2D eigenvalue weighted by atomic mass is 79.9. The van der Waals surface area contributed by atoms with E-state index < -0.39 is 10.0 Å². The fourth-order valence-electron chi connectivity index (χ4n) is 2.58. The van der Waals surface area contributed by atoms with Crippen LogP contribution in [0, 0.1) is 0 Å². The molecule has 1 amide bonds. The number of aromatic nitrogens is 1. The Balaban J connectivity index is 1.51. The number of carbonyl (C=O) groups is 1. The molecule has 0 spiro atoms. The summed E-state index contributed by atoms with van der Waals surface area (Å²) in [6.07, 6.45) is 1.70. The first-order chi connectivity index (χ1) is 12.9. The van der Waals surface area contributed by atoms with Crippen LogP contribution in [-0.4, -0.2) is 25.4 Å². The summed E-state index contributed by atoms with van der Waals surface area (Å²) in [6.45, 7) is 0.280. The second-order valence-corrected chi connectivity index (χ2v) is 9.98. The molecule has 27 heavy (non-hydrogen) atoms. The third-order valence-corrected chi connectivity index (χ3v) is 7.38. The number of fused-ring (bicyclic) bond motifs is 1. The predicted molar refractivity (Wildman–Crippen MR) is 108 cm³/mol. The third kappa shape index (κ3) is 4.21. The van der Waals surface area contributed by atoms with Gasteiger partial charge in [-0.3, -0.25) is 4.79 Å². The van der Waals surface area contributed by atoms with E-state index in [-0.39, 0.29) is 29.0 Å². The van der Waals surface area contributed by atoms with Gasteiger partial charge in [-0.25, -0.2) is 18.1 Å². The average Bonchev–Trinajstić information content (AvgIpc) is 3.34. The number of amides is 1. The Bertz CT molecular complexity index is 1090. The lowest BCUT2D eigenvalue weighted by Gasteiger charge is -2.09. The summed E-state index contributed by atoms with van der Waals surface area (Å²) in [7, 11) is -3.62. The van der Waals surface area contributed by atoms with Crippen LogP contribution in [0.5, 0.6) is 0 Å². The Morgan fingerprint density at radius 3 is 2.74 bits per heavy atom. The lowest BCUT2D eigenvalue weighted by atomic mass is 10.2. The fraction of sp³-hybridized carbons (Fsp3) is 0.222. The maximum absolute atomic E-state index is 12.6. The molecule has 0 saturated heterocycles. The maximum atomic E-state index is 12.6. The number of thiazole rings is 1. The van der Waals surface area contributed by atoms with E-state index in [1.807, 2.05) is 24.3 Å². The van der Waals surface area contributed by atoms with Crippen molar-refractivity contribution in [2.75, 3.05) is 0 Å². The highest BCUT2D eigenvalue weighted by molar-refractivity contribution is 9.10. The summed E-state index contributed by atoms with van der Waals surface area (Å²) in [5, 5.41) is 3.60. The van der Waals surface area contributed by atoms with Crippen molar-refractivity contribution in [1.82, 2.24) is 15.0 Å². The molecule has 1 aliphatic rings. The predicted octanol–water partition coefficient (Wildman–Crippen LogP) is 3.43. The van der Waals surface area contributed by atoms with E-state index in [2.05, 4.69) is 31.0 Å². The number of nitrogens with one attached hydrogen (secondary N) is 2. The molecule has 9 heteroatoms. The first kappa shape index (κ1) is 18.5. The molecule has 0 unspecified atom stereocenters. The Morgan fingerprint density at radius 1 is 1.22 bits per heavy atom. The number of para-hydroxylation sites is 1. The molecular weight excluding hydrogens is 450 g/mol. The van der Waals surface area contributed by atoms with E-state index >= 15 is 0 Å². The van der Waals surface area contributed by atoms with Crippen molar-refractivity contribution < 1.29 is 13.2 Å². The largest absolute Gasteiger partial charge is 0.345 e. The second kappa shape index (κ2) is 7.31. The topological polar surface area (TPSA) is 88.2 Å². The number of nitrogens with zero attached hydrogens (tertiary/aromatic N) is 1. The molecule has 0 aliphatic heterocycles. The highest BCUT2D eigenvalue weighted by Crippen LogP contribution is 2.25. The molecule has 1 fully saturated rings. The van der Waals surface area contributed by atoms with E-state index in [4.69, 9.17) is 0 Å². The SMILES string of the molecule is O=C(NCc1nc2ccccc2s1)c1cc(S(=O)(=O)NC2CC2)ccc1Br. The van der Waals surface area contributed by atoms with Crippen LogP contribution in [0.25, 0.3) is 10.2 Å². The molecule has 1 aromatic heterocycles. The molecule has 1 aliphatic carbocycles. The maximum Gasteiger partial charge on any atom is 0.252 e. The van der Waals surface area contributed by atoms with E-state index in [0.717, 1.165) is 28.1 Å². The van der Waals surface area contributed by atoms with Gasteiger partial charge < -0.3 is 5.32 Å². The molecule has 2 N–H and O–H groups in total. The van der Waals surface area contributed by atoms with E-state index in [9.17, 15) is 13.2 Å². The van der Waals surface area contributed by atoms with Crippen LogP contribution in [0.15, 0.2) is 51.8 Å². The molecule has 4 rings (SSSR count). The molecule has 1 heterocycles. The van der Waals surface area contributed by atoms with Crippen molar-refractivity contribution in [3.8, 4) is 0 Å².